The van der Waals surface area contributed by atoms with Gasteiger partial charge in [-0.25, -0.2) is 9.59 Å². The van der Waals surface area contributed by atoms with E-state index in [-0.39, 0.29) is 23.0 Å². The fourth-order valence-electron chi connectivity index (χ4n) is 1.87. The highest BCUT2D eigenvalue weighted by molar-refractivity contribution is 5.91. The Hall–Kier alpha value is -3.02. The van der Waals surface area contributed by atoms with Crippen LogP contribution in [0.3, 0.4) is 0 Å². The number of benzene rings is 2. The van der Waals surface area contributed by atoms with E-state index in [2.05, 4.69) is 4.74 Å². The number of hydrogen-bond acceptors (Lipinski definition) is 5. The molecule has 2 aromatic rings. The first-order chi connectivity index (χ1) is 10.8. The van der Waals surface area contributed by atoms with E-state index in [0.717, 1.165) is 0 Å². The molecular formula is C17H18O6. The molecule has 0 saturated heterocycles. The number of rotatable bonds is 2. The van der Waals surface area contributed by atoms with Gasteiger partial charge in [-0.3, -0.25) is 0 Å². The first-order valence-electron chi connectivity index (χ1n) is 6.67. The summed E-state index contributed by atoms with van der Waals surface area (Å²) in [6.45, 7) is 3.38. The maximum absolute atomic E-state index is 11.0. The highest BCUT2D eigenvalue weighted by Gasteiger charge is 2.08. The Morgan fingerprint density at radius 3 is 1.65 bits per heavy atom. The zero-order valence-corrected chi connectivity index (χ0v) is 13.0. The normalized spacial score (nSPS) is 9.52. The molecular weight excluding hydrogens is 300 g/mol. The van der Waals surface area contributed by atoms with Crippen LogP contribution in [0.1, 0.15) is 31.8 Å². The third-order valence-electron chi connectivity index (χ3n) is 3.06. The summed E-state index contributed by atoms with van der Waals surface area (Å²) in [5, 5.41) is 26.5. The van der Waals surface area contributed by atoms with Gasteiger partial charge < -0.3 is 20.1 Å². The minimum atomic E-state index is -0.970. The second-order valence-electron chi connectivity index (χ2n) is 4.80. The van der Waals surface area contributed by atoms with E-state index in [1.807, 2.05) is 0 Å². The van der Waals surface area contributed by atoms with Crippen molar-refractivity contribution >= 4 is 11.9 Å². The van der Waals surface area contributed by atoms with Gasteiger partial charge >= 0.3 is 11.9 Å². The third-order valence-corrected chi connectivity index (χ3v) is 3.06. The van der Waals surface area contributed by atoms with Crippen molar-refractivity contribution in [2.45, 2.75) is 13.8 Å². The number of phenolic OH excluding ortho intramolecular Hbond substituents is 2. The third kappa shape index (κ3) is 5.03. The number of aryl methyl sites for hydroxylation is 2. The first-order valence-corrected chi connectivity index (χ1v) is 6.67. The van der Waals surface area contributed by atoms with Crippen molar-refractivity contribution in [2.24, 2.45) is 0 Å². The summed E-state index contributed by atoms with van der Waals surface area (Å²) in [6.07, 6.45) is 0. The van der Waals surface area contributed by atoms with E-state index in [9.17, 15) is 9.59 Å². The van der Waals surface area contributed by atoms with Crippen molar-refractivity contribution in [3.05, 3.63) is 58.7 Å². The lowest BCUT2D eigenvalue weighted by molar-refractivity contribution is 0.0599. The van der Waals surface area contributed by atoms with E-state index in [1.165, 1.54) is 43.5 Å². The van der Waals surface area contributed by atoms with Crippen molar-refractivity contribution in [3.63, 3.8) is 0 Å². The maximum atomic E-state index is 11.0. The Labute approximate surface area is 133 Å². The Kier molecular flexibility index (Phi) is 6.14. The molecule has 3 N–H and O–H groups in total. The molecule has 0 heterocycles. The van der Waals surface area contributed by atoms with Crippen LogP contribution in [0.2, 0.25) is 0 Å². The van der Waals surface area contributed by atoms with Gasteiger partial charge in [0.15, 0.2) is 0 Å². The monoisotopic (exact) mass is 318 g/mol. The van der Waals surface area contributed by atoms with Gasteiger partial charge in [0.05, 0.1) is 18.2 Å². The second-order valence-corrected chi connectivity index (χ2v) is 4.80. The van der Waals surface area contributed by atoms with Gasteiger partial charge in [0, 0.05) is 0 Å². The lowest BCUT2D eigenvalue weighted by Gasteiger charge is -2.02. The van der Waals surface area contributed by atoms with Gasteiger partial charge in [-0.05, 0) is 61.4 Å². The van der Waals surface area contributed by atoms with Crippen LogP contribution in [0.25, 0.3) is 0 Å². The van der Waals surface area contributed by atoms with Crippen molar-refractivity contribution in [3.8, 4) is 11.5 Å². The largest absolute Gasteiger partial charge is 0.508 e. The number of carbonyl (C=O) groups excluding carboxylic acids is 1. The minimum absolute atomic E-state index is 0.0903. The molecule has 122 valence electrons. The number of carbonyl (C=O) groups is 2. The number of ether oxygens (including phenoxy) is 1. The van der Waals surface area contributed by atoms with Crippen molar-refractivity contribution < 1.29 is 29.6 Å². The van der Waals surface area contributed by atoms with E-state index in [0.29, 0.717) is 16.7 Å². The molecule has 0 aromatic heterocycles. The van der Waals surface area contributed by atoms with E-state index in [1.54, 1.807) is 13.8 Å². The molecule has 0 unspecified atom stereocenters. The molecule has 6 heteroatoms. The molecule has 0 atom stereocenters. The summed E-state index contributed by atoms with van der Waals surface area (Å²) in [5.74, 6) is -1.11. The van der Waals surface area contributed by atoms with E-state index >= 15 is 0 Å². The number of aromatic carboxylic acids is 1. The van der Waals surface area contributed by atoms with Crippen LogP contribution >= 0.6 is 0 Å². The van der Waals surface area contributed by atoms with Crippen LogP contribution in [0, 0.1) is 13.8 Å². The second kappa shape index (κ2) is 7.84. The highest BCUT2D eigenvalue weighted by atomic mass is 16.5. The van der Waals surface area contributed by atoms with Crippen LogP contribution in [0.5, 0.6) is 11.5 Å². The topological polar surface area (TPSA) is 104 Å². The van der Waals surface area contributed by atoms with Gasteiger partial charge in [0.1, 0.15) is 11.5 Å². The van der Waals surface area contributed by atoms with E-state index in [4.69, 9.17) is 15.3 Å². The predicted molar refractivity (Wildman–Crippen MR) is 84.0 cm³/mol. The number of aromatic hydroxyl groups is 2. The number of phenols is 2. The van der Waals surface area contributed by atoms with Crippen molar-refractivity contribution in [2.75, 3.05) is 7.11 Å². The molecule has 2 rings (SSSR count). The molecule has 2 aromatic carbocycles. The Morgan fingerprint density at radius 1 is 0.870 bits per heavy atom. The van der Waals surface area contributed by atoms with E-state index < -0.39 is 5.97 Å². The average Bonchev–Trinajstić information content (AvgIpc) is 2.46. The molecule has 23 heavy (non-hydrogen) atoms. The van der Waals surface area contributed by atoms with Crippen LogP contribution < -0.4 is 0 Å². The predicted octanol–water partition coefficient (Wildman–Crippen LogP) is 2.89. The molecule has 0 aliphatic carbocycles. The summed E-state index contributed by atoms with van der Waals surface area (Å²) < 4.78 is 4.54. The Morgan fingerprint density at radius 2 is 1.30 bits per heavy atom. The summed E-state index contributed by atoms with van der Waals surface area (Å²) in [4.78, 5) is 21.5. The number of carboxylic acids is 1. The van der Waals surface area contributed by atoms with Crippen LogP contribution in [0.15, 0.2) is 36.4 Å². The number of hydrogen-bond donors (Lipinski definition) is 3. The zero-order chi connectivity index (χ0) is 17.6. The summed E-state index contributed by atoms with van der Waals surface area (Å²) in [6, 6.07) is 8.68. The maximum Gasteiger partial charge on any atom is 0.338 e. The van der Waals surface area contributed by atoms with Crippen molar-refractivity contribution in [1.82, 2.24) is 0 Å². The van der Waals surface area contributed by atoms with Crippen LogP contribution in [-0.4, -0.2) is 34.4 Å². The molecule has 0 amide bonds. The smallest absolute Gasteiger partial charge is 0.338 e. The molecule has 0 aliphatic heterocycles. The molecule has 0 saturated carbocycles. The molecule has 0 fully saturated rings. The molecule has 0 aliphatic rings. The van der Waals surface area contributed by atoms with Crippen molar-refractivity contribution in [1.29, 1.82) is 0 Å². The average molecular weight is 318 g/mol. The summed E-state index contributed by atoms with van der Waals surface area (Å²) >= 11 is 0. The quantitative estimate of drug-likeness (QED) is 0.736. The first kappa shape index (κ1) is 18.0. The van der Waals surface area contributed by atoms with Gasteiger partial charge in [-0.1, -0.05) is 0 Å². The van der Waals surface area contributed by atoms with Crippen LogP contribution in [0.4, 0.5) is 0 Å². The van der Waals surface area contributed by atoms with Gasteiger partial charge in [-0.15, -0.1) is 0 Å². The zero-order valence-electron chi connectivity index (χ0n) is 13.0. The minimum Gasteiger partial charge on any atom is -0.508 e. The molecule has 0 spiro atoms. The fourth-order valence-corrected chi connectivity index (χ4v) is 1.87. The molecule has 0 radical (unpaired) electrons. The molecule has 0 bridgehead atoms. The van der Waals surface area contributed by atoms with Crippen LogP contribution in [-0.2, 0) is 4.74 Å². The Bertz CT molecular complexity index is 721. The lowest BCUT2D eigenvalue weighted by atomic mass is 10.1. The van der Waals surface area contributed by atoms with Gasteiger partial charge in [0.25, 0.3) is 0 Å². The summed E-state index contributed by atoms with van der Waals surface area (Å²) in [5.41, 5.74) is 1.98. The molecule has 6 nitrogen and oxygen atoms in total. The van der Waals surface area contributed by atoms with Gasteiger partial charge in [0.2, 0.25) is 0 Å². The number of esters is 1. The number of carboxylic acid groups (broad SMARTS) is 1. The standard InChI is InChI=1S/C9H10O3.C8H8O3/c1-6-5-7(10)3-4-8(6)9(11)12-2;1-5-4-6(9)2-3-7(5)8(10)11/h3-5,10H,1-2H3;2-4,9H,1H3,(H,10,11). The SMILES string of the molecule is COC(=O)c1ccc(O)cc1C.Cc1cc(O)ccc1C(=O)O. The Balaban J connectivity index is 0.000000231. The lowest BCUT2D eigenvalue weighted by Crippen LogP contribution is -2.02. The van der Waals surface area contributed by atoms with Gasteiger partial charge in [-0.2, -0.15) is 0 Å². The number of methoxy groups -OCH3 is 1. The summed E-state index contributed by atoms with van der Waals surface area (Å²) in [7, 11) is 1.33. The fraction of sp³-hybridized carbons (Fsp3) is 0.176. The highest BCUT2D eigenvalue weighted by Crippen LogP contribution is 2.16.